The molecule has 9 heteroatoms. The predicted octanol–water partition coefficient (Wildman–Crippen LogP) is 3.25. The van der Waals surface area contributed by atoms with Gasteiger partial charge < -0.3 is 9.64 Å². The maximum absolute atomic E-state index is 14.5. The maximum atomic E-state index is 14.5. The number of hydrogen-bond acceptors (Lipinski definition) is 6. The molecule has 196 valence electrons. The minimum atomic E-state index is -0.639. The van der Waals surface area contributed by atoms with Crippen molar-refractivity contribution in [2.45, 2.75) is 69.2 Å². The molecule has 3 fully saturated rings. The molecule has 3 heterocycles. The third-order valence-electron chi connectivity index (χ3n) is 8.40. The van der Waals surface area contributed by atoms with Crippen molar-refractivity contribution in [1.82, 2.24) is 15.1 Å². The number of benzene rings is 2. The largest absolute Gasteiger partial charge is 0.489 e. The van der Waals surface area contributed by atoms with E-state index >= 15 is 0 Å². The molecule has 3 amide bonds. The number of fused-ring (bicyclic) bond motifs is 1. The highest BCUT2D eigenvalue weighted by atomic mass is 19.1. The van der Waals surface area contributed by atoms with E-state index < -0.39 is 11.9 Å². The second-order valence-corrected chi connectivity index (χ2v) is 10.7. The van der Waals surface area contributed by atoms with Gasteiger partial charge in [-0.25, -0.2) is 4.39 Å². The minimum absolute atomic E-state index is 0.00287. The average molecular weight is 517 g/mol. The second kappa shape index (κ2) is 9.84. The first kappa shape index (κ1) is 24.6. The van der Waals surface area contributed by atoms with Crippen LogP contribution in [0.1, 0.15) is 71.5 Å². The van der Waals surface area contributed by atoms with Gasteiger partial charge in [0, 0.05) is 43.6 Å². The molecule has 3 atom stereocenters. The van der Waals surface area contributed by atoms with Gasteiger partial charge in [-0.1, -0.05) is 12.5 Å². The van der Waals surface area contributed by atoms with Crippen molar-refractivity contribution in [3.63, 3.8) is 0 Å². The van der Waals surface area contributed by atoms with E-state index in [-0.39, 0.29) is 42.1 Å². The summed E-state index contributed by atoms with van der Waals surface area (Å²) in [7, 11) is 0. The molecule has 38 heavy (non-hydrogen) atoms. The number of imide groups is 1. The first-order valence-corrected chi connectivity index (χ1v) is 13.3. The molecule has 6 rings (SSSR count). The van der Waals surface area contributed by atoms with Crippen molar-refractivity contribution in [1.29, 1.82) is 5.26 Å². The lowest BCUT2D eigenvalue weighted by Gasteiger charge is -2.48. The number of likely N-dealkylation sites (tertiary alicyclic amines) is 1. The summed E-state index contributed by atoms with van der Waals surface area (Å²) >= 11 is 0. The Kier molecular flexibility index (Phi) is 6.36. The highest BCUT2D eigenvalue weighted by Gasteiger charge is 2.41. The molecule has 0 aromatic heterocycles. The fraction of sp³-hybridized carbons (Fsp3) is 0.448. The van der Waals surface area contributed by atoms with Crippen LogP contribution in [0.4, 0.5) is 4.39 Å². The number of ether oxygens (including phenoxy) is 1. The van der Waals surface area contributed by atoms with Crippen LogP contribution in [0.15, 0.2) is 36.4 Å². The monoisotopic (exact) mass is 516 g/mol. The van der Waals surface area contributed by atoms with Crippen molar-refractivity contribution in [3.8, 4) is 11.8 Å². The SMILES string of the molecule is N#Cc1ccc(C2CN([C@@H]3CCCC[C@H]3Oc3ccc4c(c3)CN(C3CCC(=O)NC3=O)C4=O)C2)c(F)c1. The van der Waals surface area contributed by atoms with Gasteiger partial charge in [0.05, 0.1) is 11.6 Å². The number of nitriles is 1. The van der Waals surface area contributed by atoms with Gasteiger partial charge in [0.1, 0.15) is 23.7 Å². The zero-order valence-corrected chi connectivity index (χ0v) is 21.0. The lowest BCUT2D eigenvalue weighted by molar-refractivity contribution is -0.136. The summed E-state index contributed by atoms with van der Waals surface area (Å²) in [6, 6.07) is 11.8. The van der Waals surface area contributed by atoms with Gasteiger partial charge >= 0.3 is 0 Å². The first-order chi connectivity index (χ1) is 18.4. The van der Waals surface area contributed by atoms with Gasteiger partial charge in [0.2, 0.25) is 11.8 Å². The van der Waals surface area contributed by atoms with Crippen molar-refractivity contribution in [2.75, 3.05) is 13.1 Å². The van der Waals surface area contributed by atoms with Gasteiger partial charge in [-0.3, -0.25) is 24.6 Å². The molecule has 2 aromatic carbocycles. The molecular formula is C29H29FN4O4. The van der Waals surface area contributed by atoms with E-state index in [9.17, 15) is 18.8 Å². The second-order valence-electron chi connectivity index (χ2n) is 10.7. The first-order valence-electron chi connectivity index (χ1n) is 13.3. The number of nitrogens with one attached hydrogen (secondary N) is 1. The molecular weight excluding hydrogens is 487 g/mol. The molecule has 2 saturated heterocycles. The van der Waals surface area contributed by atoms with Crippen molar-refractivity contribution in [3.05, 3.63) is 64.5 Å². The molecule has 1 aliphatic carbocycles. The fourth-order valence-electron chi connectivity index (χ4n) is 6.34. The van der Waals surface area contributed by atoms with E-state index in [2.05, 4.69) is 10.2 Å². The number of rotatable bonds is 5. The maximum Gasteiger partial charge on any atom is 0.255 e. The summed E-state index contributed by atoms with van der Waals surface area (Å²) < 4.78 is 21.0. The van der Waals surface area contributed by atoms with E-state index in [1.807, 2.05) is 18.2 Å². The number of carbonyl (C=O) groups is 3. The summed E-state index contributed by atoms with van der Waals surface area (Å²) in [4.78, 5) is 40.7. The van der Waals surface area contributed by atoms with Gasteiger partial charge in [-0.2, -0.15) is 5.26 Å². The third kappa shape index (κ3) is 4.43. The molecule has 1 saturated carbocycles. The lowest BCUT2D eigenvalue weighted by Crippen LogP contribution is -2.57. The van der Waals surface area contributed by atoms with Crippen molar-refractivity contribution in [2.24, 2.45) is 0 Å². The summed E-state index contributed by atoms with van der Waals surface area (Å²) in [6.45, 7) is 1.83. The molecule has 0 bridgehead atoms. The topological polar surface area (TPSA) is 103 Å². The Hall–Kier alpha value is -3.77. The third-order valence-corrected chi connectivity index (χ3v) is 8.40. The van der Waals surface area contributed by atoms with Crippen molar-refractivity contribution >= 4 is 17.7 Å². The molecule has 1 N–H and O–H groups in total. The number of halogens is 1. The van der Waals surface area contributed by atoms with Gasteiger partial charge in [-0.15, -0.1) is 0 Å². The van der Waals surface area contributed by atoms with E-state index in [1.54, 1.807) is 23.1 Å². The Balaban J connectivity index is 1.11. The lowest BCUT2D eigenvalue weighted by atomic mass is 9.84. The summed E-state index contributed by atoms with van der Waals surface area (Å²) in [5.41, 5.74) is 2.39. The smallest absolute Gasteiger partial charge is 0.255 e. The normalized spacial score (nSPS) is 25.9. The number of carbonyl (C=O) groups excluding carboxylic acids is 3. The van der Waals surface area contributed by atoms with Crippen LogP contribution in [-0.2, 0) is 16.1 Å². The van der Waals surface area contributed by atoms with Gasteiger partial charge in [0.25, 0.3) is 5.91 Å². The zero-order chi connectivity index (χ0) is 26.4. The zero-order valence-electron chi connectivity index (χ0n) is 21.0. The van der Waals surface area contributed by atoms with Crippen LogP contribution in [0.25, 0.3) is 0 Å². The summed E-state index contributed by atoms with van der Waals surface area (Å²) in [5.74, 6) is -0.424. The molecule has 4 aliphatic rings. The highest BCUT2D eigenvalue weighted by Crippen LogP contribution is 2.37. The molecule has 0 radical (unpaired) electrons. The van der Waals surface area contributed by atoms with Crippen LogP contribution in [0.3, 0.4) is 0 Å². The van der Waals surface area contributed by atoms with Crippen molar-refractivity contribution < 1.29 is 23.5 Å². The van der Waals surface area contributed by atoms with Crippen LogP contribution in [0.5, 0.6) is 5.75 Å². The van der Waals surface area contributed by atoms with Gasteiger partial charge in [-0.05, 0) is 67.1 Å². The minimum Gasteiger partial charge on any atom is -0.489 e. The Bertz CT molecular complexity index is 1350. The number of piperidine rings is 1. The Morgan fingerprint density at radius 2 is 1.84 bits per heavy atom. The Labute approximate surface area is 220 Å². The van der Waals surface area contributed by atoms with E-state index in [4.69, 9.17) is 10.00 Å². The Morgan fingerprint density at radius 3 is 2.61 bits per heavy atom. The summed E-state index contributed by atoms with van der Waals surface area (Å²) in [6.07, 6.45) is 4.70. The molecule has 2 aromatic rings. The van der Waals surface area contributed by atoms with E-state index in [0.717, 1.165) is 44.3 Å². The predicted molar refractivity (Wildman–Crippen MR) is 135 cm³/mol. The number of hydrogen-bond donors (Lipinski definition) is 1. The Morgan fingerprint density at radius 1 is 1.03 bits per heavy atom. The fourth-order valence-corrected chi connectivity index (χ4v) is 6.34. The van der Waals surface area contributed by atoms with Crippen LogP contribution >= 0.6 is 0 Å². The highest BCUT2D eigenvalue weighted by molar-refractivity contribution is 6.05. The standard InChI is InChI=1S/C29H29FN4O4/c30-23-11-17(13-31)5-7-21(23)19-14-33(15-19)24-3-1-2-4-26(24)38-20-6-8-22-18(12-20)16-34(29(22)37)25-9-10-27(35)32-28(25)36/h5-8,11-12,19,24-26H,1-4,9-10,14-16H2,(H,32,35,36)/t24-,25?,26-/m1/s1. The number of amides is 3. The molecule has 0 spiro atoms. The van der Waals surface area contributed by atoms with E-state index in [1.165, 1.54) is 6.07 Å². The van der Waals surface area contributed by atoms with Crippen LogP contribution in [0.2, 0.25) is 0 Å². The van der Waals surface area contributed by atoms with Crippen LogP contribution in [-0.4, -0.2) is 58.8 Å². The van der Waals surface area contributed by atoms with E-state index in [0.29, 0.717) is 35.4 Å². The number of nitrogens with zero attached hydrogens (tertiary/aromatic N) is 3. The molecule has 1 unspecified atom stereocenters. The quantitative estimate of drug-likeness (QED) is 0.612. The molecule has 3 aliphatic heterocycles. The summed E-state index contributed by atoms with van der Waals surface area (Å²) in [5, 5.41) is 11.3. The van der Waals surface area contributed by atoms with Gasteiger partial charge in [0.15, 0.2) is 0 Å². The van der Waals surface area contributed by atoms with Crippen LogP contribution < -0.4 is 10.1 Å². The molecule has 8 nitrogen and oxygen atoms in total. The average Bonchev–Trinajstić information content (AvgIpc) is 3.20. The van der Waals surface area contributed by atoms with Crippen LogP contribution in [0, 0.1) is 17.1 Å².